The van der Waals surface area contributed by atoms with Gasteiger partial charge in [-0.05, 0) is 50.2 Å². The van der Waals surface area contributed by atoms with Crippen LogP contribution in [0.4, 0.5) is 10.1 Å². The maximum atomic E-state index is 15.4. The van der Waals surface area contributed by atoms with Crippen molar-refractivity contribution < 1.29 is 9.18 Å². The van der Waals surface area contributed by atoms with Crippen LogP contribution in [-0.4, -0.2) is 49.4 Å². The Bertz CT molecular complexity index is 1040. The number of halogens is 1. The Morgan fingerprint density at radius 1 is 1.07 bits per heavy atom. The van der Waals surface area contributed by atoms with E-state index in [0.29, 0.717) is 17.5 Å². The van der Waals surface area contributed by atoms with Gasteiger partial charge in [0.05, 0.1) is 5.52 Å². The number of aromatic nitrogens is 1. The zero-order valence-electron chi connectivity index (χ0n) is 17.2. The minimum atomic E-state index is -2.11. The number of carbonyl (C=O) groups is 1. The topological polar surface area (TPSA) is 36.4 Å². The van der Waals surface area contributed by atoms with Crippen molar-refractivity contribution in [3.05, 3.63) is 59.8 Å². The number of aryl methyl sites for hydroxylation is 1. The number of likely N-dealkylation sites (N-methyl/N-ethyl adjacent to an activating group) is 1. The molecule has 0 aliphatic carbocycles. The molecule has 0 bridgehead atoms. The van der Waals surface area contributed by atoms with Crippen molar-refractivity contribution in [2.24, 2.45) is 0 Å². The second-order valence-electron chi connectivity index (χ2n) is 8.00. The van der Waals surface area contributed by atoms with E-state index in [0.717, 1.165) is 53.9 Å². The van der Waals surface area contributed by atoms with Gasteiger partial charge in [0.25, 0.3) is 0 Å². The van der Waals surface area contributed by atoms with Crippen LogP contribution in [0, 0.1) is 6.92 Å². The van der Waals surface area contributed by atoms with Crippen molar-refractivity contribution in [3.63, 3.8) is 0 Å². The first-order valence-corrected chi connectivity index (χ1v) is 10.00. The largest absolute Gasteiger partial charge is 0.369 e. The standard InChI is InChI=1S/C24H26FN3O/c1-17-23(24(2,25)16-29)22(18-7-5-4-6-8-18)20-15-19(9-10-21(20)26-17)28-13-11-27(3)12-14-28/h4-10,15-16H,11-14H2,1-3H3. The van der Waals surface area contributed by atoms with Crippen LogP contribution in [0.5, 0.6) is 0 Å². The molecule has 5 heteroatoms. The van der Waals surface area contributed by atoms with Crippen molar-refractivity contribution in [2.75, 3.05) is 38.1 Å². The minimum Gasteiger partial charge on any atom is -0.369 e. The van der Waals surface area contributed by atoms with Gasteiger partial charge in [-0.15, -0.1) is 0 Å². The zero-order chi connectivity index (χ0) is 20.6. The summed E-state index contributed by atoms with van der Waals surface area (Å²) >= 11 is 0. The summed E-state index contributed by atoms with van der Waals surface area (Å²) < 4.78 is 15.4. The predicted octanol–water partition coefficient (Wildman–Crippen LogP) is 4.35. The molecular formula is C24H26FN3O. The summed E-state index contributed by atoms with van der Waals surface area (Å²) in [5, 5.41) is 0.874. The molecule has 0 spiro atoms. The van der Waals surface area contributed by atoms with E-state index in [4.69, 9.17) is 0 Å². The van der Waals surface area contributed by atoms with Crippen molar-refractivity contribution in [1.29, 1.82) is 0 Å². The molecule has 4 rings (SSSR count). The summed E-state index contributed by atoms with van der Waals surface area (Å²) in [5.41, 5.74) is 2.33. The van der Waals surface area contributed by atoms with E-state index in [2.05, 4.69) is 34.0 Å². The lowest BCUT2D eigenvalue weighted by Crippen LogP contribution is -2.44. The lowest BCUT2D eigenvalue weighted by atomic mass is 9.86. The highest BCUT2D eigenvalue weighted by atomic mass is 19.1. The first kappa shape index (κ1) is 19.5. The Kier molecular flexibility index (Phi) is 5.09. The van der Waals surface area contributed by atoms with E-state index in [1.165, 1.54) is 6.92 Å². The highest BCUT2D eigenvalue weighted by Crippen LogP contribution is 2.40. The molecule has 1 saturated heterocycles. The average Bonchev–Trinajstić information content (AvgIpc) is 2.73. The molecule has 29 heavy (non-hydrogen) atoms. The maximum absolute atomic E-state index is 15.4. The minimum absolute atomic E-state index is 0.349. The number of hydrogen-bond donors (Lipinski definition) is 0. The number of aldehydes is 1. The van der Waals surface area contributed by atoms with Gasteiger partial charge in [-0.1, -0.05) is 30.3 Å². The normalized spacial score (nSPS) is 17.3. The lowest BCUT2D eigenvalue weighted by molar-refractivity contribution is -0.117. The van der Waals surface area contributed by atoms with Gasteiger partial charge in [0, 0.05) is 48.5 Å². The van der Waals surface area contributed by atoms with Crippen LogP contribution in [0.1, 0.15) is 18.2 Å². The van der Waals surface area contributed by atoms with Crippen LogP contribution in [0.25, 0.3) is 22.0 Å². The van der Waals surface area contributed by atoms with E-state index in [1.807, 2.05) is 36.4 Å². The third-order valence-corrected chi connectivity index (χ3v) is 5.79. The summed E-state index contributed by atoms with van der Waals surface area (Å²) in [6, 6.07) is 15.9. The molecule has 3 aromatic rings. The molecule has 2 heterocycles. The predicted molar refractivity (Wildman–Crippen MR) is 116 cm³/mol. The SMILES string of the molecule is Cc1nc2ccc(N3CCN(C)CC3)cc2c(-c2ccccc2)c1C(C)(F)C=O. The molecule has 1 fully saturated rings. The molecule has 1 aromatic heterocycles. The van der Waals surface area contributed by atoms with Crippen LogP contribution in [-0.2, 0) is 10.5 Å². The van der Waals surface area contributed by atoms with Gasteiger partial charge < -0.3 is 9.80 Å². The number of hydrogen-bond acceptors (Lipinski definition) is 4. The van der Waals surface area contributed by atoms with E-state index in [1.54, 1.807) is 6.92 Å². The summed E-state index contributed by atoms with van der Waals surface area (Å²) in [7, 11) is 2.13. The lowest BCUT2D eigenvalue weighted by Gasteiger charge is -2.34. The van der Waals surface area contributed by atoms with Gasteiger partial charge in [0.15, 0.2) is 12.0 Å². The summed E-state index contributed by atoms with van der Waals surface area (Å²) in [5.74, 6) is 0. The first-order chi connectivity index (χ1) is 13.9. The Morgan fingerprint density at radius 3 is 2.41 bits per heavy atom. The maximum Gasteiger partial charge on any atom is 0.190 e. The molecule has 1 atom stereocenters. The van der Waals surface area contributed by atoms with Crippen molar-refractivity contribution in [1.82, 2.24) is 9.88 Å². The summed E-state index contributed by atoms with van der Waals surface area (Å²) in [6.45, 7) is 7.00. The summed E-state index contributed by atoms with van der Waals surface area (Å²) in [6.07, 6.45) is 0.375. The van der Waals surface area contributed by atoms with E-state index in [9.17, 15) is 4.79 Å². The van der Waals surface area contributed by atoms with E-state index >= 15 is 4.39 Å². The van der Waals surface area contributed by atoms with Crippen LogP contribution >= 0.6 is 0 Å². The number of alkyl halides is 1. The van der Waals surface area contributed by atoms with Gasteiger partial charge >= 0.3 is 0 Å². The van der Waals surface area contributed by atoms with Gasteiger partial charge in [0.1, 0.15) is 0 Å². The Labute approximate surface area is 171 Å². The fourth-order valence-corrected chi connectivity index (χ4v) is 4.20. The second-order valence-corrected chi connectivity index (χ2v) is 8.00. The molecule has 150 valence electrons. The van der Waals surface area contributed by atoms with Gasteiger partial charge in [-0.25, -0.2) is 4.39 Å². The number of carbonyl (C=O) groups excluding carboxylic acids is 1. The number of rotatable bonds is 4. The first-order valence-electron chi connectivity index (χ1n) is 10.00. The number of fused-ring (bicyclic) bond motifs is 1. The van der Waals surface area contributed by atoms with Crippen molar-refractivity contribution >= 4 is 22.9 Å². The van der Waals surface area contributed by atoms with Crippen molar-refractivity contribution in [3.8, 4) is 11.1 Å². The Hall–Kier alpha value is -2.79. The molecule has 2 aromatic carbocycles. The molecule has 0 radical (unpaired) electrons. The highest BCUT2D eigenvalue weighted by Gasteiger charge is 2.32. The Balaban J connectivity index is 1.98. The third kappa shape index (κ3) is 3.62. The van der Waals surface area contributed by atoms with Crippen LogP contribution in [0.3, 0.4) is 0 Å². The molecule has 1 aliphatic heterocycles. The van der Waals surface area contributed by atoms with Crippen molar-refractivity contribution in [2.45, 2.75) is 19.5 Å². The third-order valence-electron chi connectivity index (χ3n) is 5.79. The molecule has 0 amide bonds. The number of benzene rings is 2. The second kappa shape index (κ2) is 7.56. The smallest absolute Gasteiger partial charge is 0.190 e. The van der Waals surface area contributed by atoms with Gasteiger partial charge in [-0.2, -0.15) is 0 Å². The van der Waals surface area contributed by atoms with Gasteiger partial charge in [-0.3, -0.25) is 9.78 Å². The van der Waals surface area contributed by atoms with Gasteiger partial charge in [0.2, 0.25) is 0 Å². The number of piperazine rings is 1. The fraction of sp³-hybridized carbons (Fsp3) is 0.333. The number of anilines is 1. The van der Waals surface area contributed by atoms with Crippen LogP contribution < -0.4 is 4.90 Å². The average molecular weight is 391 g/mol. The quantitative estimate of drug-likeness (QED) is 0.620. The number of nitrogens with zero attached hydrogens (tertiary/aromatic N) is 3. The monoisotopic (exact) mass is 391 g/mol. The molecule has 0 N–H and O–H groups in total. The molecule has 0 saturated carbocycles. The molecule has 1 unspecified atom stereocenters. The Morgan fingerprint density at radius 2 is 1.76 bits per heavy atom. The van der Waals surface area contributed by atoms with Crippen LogP contribution in [0.15, 0.2) is 48.5 Å². The van der Waals surface area contributed by atoms with Crippen LogP contribution in [0.2, 0.25) is 0 Å². The zero-order valence-corrected chi connectivity index (χ0v) is 17.2. The molecular weight excluding hydrogens is 365 g/mol. The van der Waals surface area contributed by atoms with E-state index in [-0.39, 0.29) is 0 Å². The van der Waals surface area contributed by atoms with E-state index < -0.39 is 5.67 Å². The highest BCUT2D eigenvalue weighted by molar-refractivity contribution is 6.00. The number of pyridine rings is 1. The fourth-order valence-electron chi connectivity index (χ4n) is 4.20. The summed E-state index contributed by atoms with van der Waals surface area (Å²) in [4.78, 5) is 20.9. The molecule has 1 aliphatic rings. The molecule has 4 nitrogen and oxygen atoms in total.